The summed E-state index contributed by atoms with van der Waals surface area (Å²) in [6.45, 7) is 4.50. The number of sulfonamides is 1. The van der Waals surface area contributed by atoms with Crippen molar-refractivity contribution in [3.05, 3.63) is 54.6 Å². The van der Waals surface area contributed by atoms with Crippen molar-refractivity contribution in [1.82, 2.24) is 5.32 Å². The molecule has 0 aliphatic heterocycles. The van der Waals surface area contributed by atoms with E-state index in [0.29, 0.717) is 23.9 Å². The zero-order valence-corrected chi connectivity index (χ0v) is 18.8. The van der Waals surface area contributed by atoms with Crippen molar-refractivity contribution < 1.29 is 17.9 Å². The van der Waals surface area contributed by atoms with Gasteiger partial charge in [0.1, 0.15) is 12.3 Å². The Morgan fingerprint density at radius 3 is 2.47 bits per heavy atom. The predicted molar refractivity (Wildman–Crippen MR) is 120 cm³/mol. The van der Waals surface area contributed by atoms with E-state index in [1.807, 2.05) is 0 Å². The summed E-state index contributed by atoms with van der Waals surface area (Å²) < 4.78 is 33.0. The largest absolute Gasteiger partial charge is 0.497 e. The average Bonchev–Trinajstić information content (AvgIpc) is 2.78. The van der Waals surface area contributed by atoms with E-state index in [4.69, 9.17) is 4.74 Å². The molecule has 2 aromatic rings. The summed E-state index contributed by atoms with van der Waals surface area (Å²) in [7, 11) is -2.40. The molecule has 0 fully saturated rings. The van der Waals surface area contributed by atoms with Gasteiger partial charge >= 0.3 is 0 Å². The van der Waals surface area contributed by atoms with E-state index in [1.54, 1.807) is 42.5 Å². The Morgan fingerprint density at radius 2 is 1.83 bits per heavy atom. The van der Waals surface area contributed by atoms with E-state index in [9.17, 15) is 13.2 Å². The predicted octanol–water partition coefficient (Wildman–Crippen LogP) is 4.22. The third-order valence-corrected chi connectivity index (χ3v) is 6.88. The maximum atomic E-state index is 13.3. The van der Waals surface area contributed by atoms with Crippen LogP contribution in [-0.2, 0) is 14.8 Å². The number of nitrogens with one attached hydrogen (secondary N) is 1. The highest BCUT2D eigenvalue weighted by atomic mass is 32.2. The number of unbranched alkanes of at least 4 members (excludes halogenated alkanes) is 1. The van der Waals surface area contributed by atoms with Gasteiger partial charge in [0.05, 0.1) is 17.7 Å². The minimum Gasteiger partial charge on any atom is -0.497 e. The number of methoxy groups -OCH3 is 1. The van der Waals surface area contributed by atoms with E-state index >= 15 is 0 Å². The lowest BCUT2D eigenvalue weighted by Crippen LogP contribution is -2.42. The van der Waals surface area contributed by atoms with Gasteiger partial charge in [-0.2, -0.15) is 0 Å². The summed E-state index contributed by atoms with van der Waals surface area (Å²) in [6.07, 6.45) is 4.26. The van der Waals surface area contributed by atoms with Crippen molar-refractivity contribution in [2.45, 2.75) is 44.4 Å². The molecule has 30 heavy (non-hydrogen) atoms. The number of rotatable bonds is 12. The Bertz CT molecular complexity index is 900. The van der Waals surface area contributed by atoms with Crippen LogP contribution in [0.5, 0.6) is 5.75 Å². The molecular formula is C23H32N2O4S. The number of hydrogen-bond donors (Lipinski definition) is 1. The Morgan fingerprint density at radius 1 is 1.10 bits per heavy atom. The quantitative estimate of drug-likeness (QED) is 0.545. The molecule has 0 aliphatic rings. The Balaban J connectivity index is 2.25. The van der Waals surface area contributed by atoms with Gasteiger partial charge in [0.15, 0.2) is 0 Å². The Labute approximate surface area is 180 Å². The van der Waals surface area contributed by atoms with Crippen molar-refractivity contribution in [2.24, 2.45) is 5.92 Å². The first-order chi connectivity index (χ1) is 14.4. The maximum Gasteiger partial charge on any atom is 0.264 e. The molecule has 0 radical (unpaired) electrons. The normalized spacial score (nSPS) is 12.2. The van der Waals surface area contributed by atoms with Crippen LogP contribution in [0.25, 0.3) is 0 Å². The zero-order chi connectivity index (χ0) is 22.0. The fraction of sp³-hybridized carbons (Fsp3) is 0.435. The highest BCUT2D eigenvalue weighted by molar-refractivity contribution is 7.92. The summed E-state index contributed by atoms with van der Waals surface area (Å²) in [5, 5.41) is 2.92. The first kappa shape index (κ1) is 23.7. The number of carbonyl (C=O) groups excluding carboxylic acids is 1. The standard InChI is InChI=1S/C23H32N2O4S/c1-4-6-11-19(5-2)17-24-23(26)18-25(20-12-10-13-21(16-20)29-3)30(27,28)22-14-8-7-9-15-22/h7-10,12-16,19H,4-6,11,17-18H2,1-3H3,(H,24,26). The van der Waals surface area contributed by atoms with Crippen LogP contribution in [0.15, 0.2) is 59.5 Å². The Kier molecular flexibility index (Phi) is 9.17. The van der Waals surface area contributed by atoms with Gasteiger partial charge in [-0.05, 0) is 36.6 Å². The van der Waals surface area contributed by atoms with Crippen molar-refractivity contribution in [3.8, 4) is 5.75 Å². The van der Waals surface area contributed by atoms with Crippen LogP contribution in [0, 0.1) is 5.92 Å². The van der Waals surface area contributed by atoms with E-state index in [-0.39, 0.29) is 17.3 Å². The van der Waals surface area contributed by atoms with Crippen LogP contribution in [0.3, 0.4) is 0 Å². The second-order valence-electron chi connectivity index (χ2n) is 7.25. The molecule has 1 amide bonds. The molecule has 1 unspecified atom stereocenters. The van der Waals surface area contributed by atoms with Gasteiger partial charge in [-0.25, -0.2) is 8.42 Å². The fourth-order valence-corrected chi connectivity index (χ4v) is 4.62. The summed E-state index contributed by atoms with van der Waals surface area (Å²) in [5.74, 6) is 0.587. The van der Waals surface area contributed by atoms with Gasteiger partial charge in [0.25, 0.3) is 10.0 Å². The summed E-state index contributed by atoms with van der Waals surface area (Å²) in [6, 6.07) is 14.8. The minimum atomic E-state index is -3.92. The molecule has 0 heterocycles. The number of hydrogen-bond acceptors (Lipinski definition) is 4. The lowest BCUT2D eigenvalue weighted by atomic mass is 9.99. The van der Waals surface area contributed by atoms with Crippen LogP contribution in [0.2, 0.25) is 0 Å². The third kappa shape index (κ3) is 6.49. The smallest absolute Gasteiger partial charge is 0.264 e. The molecule has 6 nitrogen and oxygen atoms in total. The lowest BCUT2D eigenvalue weighted by Gasteiger charge is -2.25. The lowest BCUT2D eigenvalue weighted by molar-refractivity contribution is -0.119. The number of benzene rings is 2. The molecule has 0 saturated heterocycles. The molecule has 0 spiro atoms. The summed E-state index contributed by atoms with van der Waals surface area (Å²) >= 11 is 0. The molecule has 1 atom stereocenters. The van der Waals surface area contributed by atoms with Crippen molar-refractivity contribution >= 4 is 21.6 Å². The molecule has 7 heteroatoms. The van der Waals surface area contributed by atoms with Crippen LogP contribution in [0.1, 0.15) is 39.5 Å². The molecule has 0 saturated carbocycles. The number of nitrogens with zero attached hydrogens (tertiary/aromatic N) is 1. The van der Waals surface area contributed by atoms with E-state index in [2.05, 4.69) is 19.2 Å². The van der Waals surface area contributed by atoms with Crippen molar-refractivity contribution in [2.75, 3.05) is 24.5 Å². The summed E-state index contributed by atoms with van der Waals surface area (Å²) in [5.41, 5.74) is 0.381. The molecular weight excluding hydrogens is 400 g/mol. The summed E-state index contributed by atoms with van der Waals surface area (Å²) in [4.78, 5) is 12.8. The highest BCUT2D eigenvalue weighted by Crippen LogP contribution is 2.26. The van der Waals surface area contributed by atoms with Crippen LogP contribution >= 0.6 is 0 Å². The second kappa shape index (κ2) is 11.6. The average molecular weight is 433 g/mol. The number of amides is 1. The first-order valence-electron chi connectivity index (χ1n) is 10.4. The highest BCUT2D eigenvalue weighted by Gasteiger charge is 2.27. The second-order valence-corrected chi connectivity index (χ2v) is 9.11. The number of carbonyl (C=O) groups is 1. The van der Waals surface area contributed by atoms with Crippen molar-refractivity contribution in [3.63, 3.8) is 0 Å². The van der Waals surface area contributed by atoms with Crippen molar-refractivity contribution in [1.29, 1.82) is 0 Å². The van der Waals surface area contributed by atoms with Gasteiger partial charge in [-0.3, -0.25) is 9.10 Å². The molecule has 2 aromatic carbocycles. The third-order valence-electron chi connectivity index (χ3n) is 5.09. The van der Waals surface area contributed by atoms with E-state index in [0.717, 1.165) is 30.0 Å². The molecule has 0 aliphatic carbocycles. The molecule has 164 valence electrons. The zero-order valence-electron chi connectivity index (χ0n) is 18.0. The van der Waals surface area contributed by atoms with Crippen LogP contribution in [0.4, 0.5) is 5.69 Å². The molecule has 1 N–H and O–H groups in total. The fourth-order valence-electron chi connectivity index (χ4n) is 3.19. The van der Waals surface area contributed by atoms with Gasteiger partial charge in [-0.1, -0.05) is 57.4 Å². The Hall–Kier alpha value is -2.54. The SMILES string of the molecule is CCCCC(CC)CNC(=O)CN(c1cccc(OC)c1)S(=O)(=O)c1ccccc1. The molecule has 0 aromatic heterocycles. The molecule has 0 bridgehead atoms. The van der Waals surface area contributed by atoms with Gasteiger partial charge in [0, 0.05) is 12.6 Å². The monoisotopic (exact) mass is 432 g/mol. The van der Waals surface area contributed by atoms with E-state index < -0.39 is 10.0 Å². The van der Waals surface area contributed by atoms with Gasteiger partial charge in [0.2, 0.25) is 5.91 Å². The molecule has 2 rings (SSSR count). The topological polar surface area (TPSA) is 75.7 Å². The van der Waals surface area contributed by atoms with E-state index in [1.165, 1.54) is 19.2 Å². The minimum absolute atomic E-state index is 0.134. The number of ether oxygens (including phenoxy) is 1. The van der Waals surface area contributed by atoms with Crippen LogP contribution < -0.4 is 14.4 Å². The van der Waals surface area contributed by atoms with Gasteiger partial charge in [-0.15, -0.1) is 0 Å². The van der Waals surface area contributed by atoms with Crippen LogP contribution in [-0.4, -0.2) is 34.5 Å². The number of anilines is 1. The van der Waals surface area contributed by atoms with Gasteiger partial charge < -0.3 is 10.1 Å². The first-order valence-corrected chi connectivity index (χ1v) is 11.8. The maximum absolute atomic E-state index is 13.3.